The number of rotatable bonds is 1. The lowest BCUT2D eigenvalue weighted by atomic mass is 9.87. The zero-order valence-electron chi connectivity index (χ0n) is 10.2. The topological polar surface area (TPSA) is 64.3 Å². The van der Waals surface area contributed by atoms with Crippen molar-refractivity contribution >= 4 is 17.3 Å². The predicted molar refractivity (Wildman–Crippen MR) is 67.3 cm³/mol. The van der Waals surface area contributed by atoms with E-state index in [1.54, 1.807) is 18.2 Å². The van der Waals surface area contributed by atoms with Crippen molar-refractivity contribution in [2.24, 2.45) is 0 Å². The first kappa shape index (κ1) is 11.6. The quantitative estimate of drug-likeness (QED) is 0.723. The van der Waals surface area contributed by atoms with Crippen LogP contribution >= 0.6 is 0 Å². The summed E-state index contributed by atoms with van der Waals surface area (Å²) in [6.07, 6.45) is 7.35. The van der Waals surface area contributed by atoms with Gasteiger partial charge in [-0.2, -0.15) is 0 Å². The highest BCUT2D eigenvalue weighted by atomic mass is 16.4. The molecular formula is C15H10O4. The molecule has 0 spiro atoms. The number of fused-ring (bicyclic) bond motifs is 1. The fraction of sp³-hybridized carbons (Fsp3) is 0.133. The van der Waals surface area contributed by atoms with Crippen molar-refractivity contribution in [1.29, 1.82) is 0 Å². The molecule has 94 valence electrons. The minimum absolute atomic E-state index is 0.0161. The van der Waals surface area contributed by atoms with Crippen LogP contribution in [0.25, 0.3) is 0 Å². The van der Waals surface area contributed by atoms with Crippen LogP contribution in [0.3, 0.4) is 0 Å². The lowest BCUT2D eigenvalue weighted by Gasteiger charge is -2.13. The number of carbonyl (C=O) groups is 3. The molecule has 0 amide bonds. The Morgan fingerprint density at radius 2 is 2.00 bits per heavy atom. The van der Waals surface area contributed by atoms with Gasteiger partial charge in [0.1, 0.15) is 0 Å². The van der Waals surface area contributed by atoms with Gasteiger partial charge in [0.25, 0.3) is 0 Å². The molecular weight excluding hydrogens is 244 g/mol. The van der Waals surface area contributed by atoms with Gasteiger partial charge in [-0.15, -0.1) is 0 Å². The first-order valence-corrected chi connectivity index (χ1v) is 5.90. The van der Waals surface area contributed by atoms with E-state index < -0.39 is 0 Å². The molecule has 0 bridgehead atoms. The van der Waals surface area contributed by atoms with E-state index in [1.165, 1.54) is 13.0 Å². The molecule has 0 radical (unpaired) electrons. The van der Waals surface area contributed by atoms with E-state index in [1.807, 2.05) is 6.08 Å². The van der Waals surface area contributed by atoms with Crippen LogP contribution in [0, 0.1) is 0 Å². The van der Waals surface area contributed by atoms with Crippen molar-refractivity contribution < 1.29 is 18.8 Å². The predicted octanol–water partition coefficient (Wildman–Crippen LogP) is 2.67. The summed E-state index contributed by atoms with van der Waals surface area (Å²) in [7, 11) is 0. The van der Waals surface area contributed by atoms with Gasteiger partial charge < -0.3 is 4.42 Å². The van der Waals surface area contributed by atoms with E-state index in [-0.39, 0.29) is 34.4 Å². The van der Waals surface area contributed by atoms with Crippen molar-refractivity contribution in [3.05, 3.63) is 58.6 Å². The molecule has 0 aromatic carbocycles. The maximum absolute atomic E-state index is 12.3. The zero-order valence-corrected chi connectivity index (χ0v) is 10.2. The molecule has 4 nitrogen and oxygen atoms in total. The first-order valence-electron chi connectivity index (χ1n) is 5.90. The van der Waals surface area contributed by atoms with Crippen molar-refractivity contribution in [1.82, 2.24) is 0 Å². The van der Waals surface area contributed by atoms with Crippen LogP contribution in [0.5, 0.6) is 0 Å². The minimum atomic E-state index is -0.312. The average molecular weight is 254 g/mol. The number of hydrogen-bond donors (Lipinski definition) is 0. The molecule has 2 aliphatic carbocycles. The second kappa shape index (κ2) is 4.02. The van der Waals surface area contributed by atoms with Gasteiger partial charge in [-0.3, -0.25) is 14.4 Å². The van der Waals surface area contributed by atoms with Crippen molar-refractivity contribution in [2.75, 3.05) is 0 Å². The first-order chi connectivity index (χ1) is 9.09. The third-order valence-electron chi connectivity index (χ3n) is 3.21. The summed E-state index contributed by atoms with van der Waals surface area (Å²) in [5.74, 6) is -0.851. The van der Waals surface area contributed by atoms with Crippen LogP contribution in [0.4, 0.5) is 0 Å². The Labute approximate surface area is 109 Å². The maximum Gasteiger partial charge on any atom is 0.226 e. The third-order valence-corrected chi connectivity index (χ3v) is 3.21. The fourth-order valence-corrected chi connectivity index (χ4v) is 2.24. The van der Waals surface area contributed by atoms with Crippen LogP contribution in [0.1, 0.15) is 44.8 Å². The molecule has 0 aliphatic heterocycles. The molecule has 0 saturated heterocycles. The van der Waals surface area contributed by atoms with Crippen molar-refractivity contribution in [3.63, 3.8) is 0 Å². The normalized spacial score (nSPS) is 17.3. The Kier molecular flexibility index (Phi) is 2.45. The summed E-state index contributed by atoms with van der Waals surface area (Å²) in [4.78, 5) is 35.9. The minimum Gasteiger partial charge on any atom is -0.449 e. The van der Waals surface area contributed by atoms with Gasteiger partial charge in [0, 0.05) is 18.1 Å². The number of Topliss-reactive ketones (excluding diaryl/α,β-unsaturated/α-hetero) is 3. The smallest absolute Gasteiger partial charge is 0.226 e. The van der Waals surface area contributed by atoms with E-state index in [0.29, 0.717) is 17.6 Å². The molecule has 0 N–H and O–H groups in total. The van der Waals surface area contributed by atoms with Gasteiger partial charge in [-0.25, -0.2) is 0 Å². The van der Waals surface area contributed by atoms with Gasteiger partial charge in [-0.05, 0) is 12.5 Å². The van der Waals surface area contributed by atoms with Gasteiger partial charge in [-0.1, -0.05) is 24.3 Å². The summed E-state index contributed by atoms with van der Waals surface area (Å²) in [6, 6.07) is 1.36. The standard InChI is InChI=1S/C15H10O4/c1-8(16)12-7-11-13(17)9-5-3-2-4-6-10(9)14(18)15(11)19-12/h2-5,7H,6H2,1H3. The molecule has 1 aromatic heterocycles. The molecule has 4 heteroatoms. The van der Waals surface area contributed by atoms with Crippen molar-refractivity contribution in [2.45, 2.75) is 13.3 Å². The zero-order chi connectivity index (χ0) is 13.6. The molecule has 3 rings (SSSR count). The highest BCUT2D eigenvalue weighted by Crippen LogP contribution is 2.32. The summed E-state index contributed by atoms with van der Waals surface area (Å²) in [5.41, 5.74) is 0.992. The Morgan fingerprint density at radius 1 is 1.21 bits per heavy atom. The summed E-state index contributed by atoms with van der Waals surface area (Å²) in [6.45, 7) is 1.33. The fourth-order valence-electron chi connectivity index (χ4n) is 2.24. The van der Waals surface area contributed by atoms with E-state index in [2.05, 4.69) is 0 Å². The Balaban J connectivity index is 2.19. The SMILES string of the molecule is CC(=O)c1cc2c(o1)C(=O)C1=C(C=CC=CC1)C2=O. The van der Waals surface area contributed by atoms with E-state index in [0.717, 1.165) is 0 Å². The van der Waals surface area contributed by atoms with E-state index in [4.69, 9.17) is 4.42 Å². The molecule has 0 unspecified atom stereocenters. The molecule has 1 heterocycles. The average Bonchev–Trinajstić information content (AvgIpc) is 2.68. The lowest BCUT2D eigenvalue weighted by Crippen LogP contribution is -2.19. The van der Waals surface area contributed by atoms with Crippen LogP contribution in [-0.2, 0) is 0 Å². The largest absolute Gasteiger partial charge is 0.449 e. The number of furan rings is 1. The summed E-state index contributed by atoms with van der Waals surface area (Å²) >= 11 is 0. The molecule has 0 fully saturated rings. The number of ketones is 3. The van der Waals surface area contributed by atoms with Crippen LogP contribution in [0.2, 0.25) is 0 Å². The Bertz CT molecular complexity index is 711. The number of allylic oxidation sites excluding steroid dienone is 6. The Morgan fingerprint density at radius 3 is 2.74 bits per heavy atom. The maximum atomic E-state index is 12.3. The van der Waals surface area contributed by atoms with E-state index in [9.17, 15) is 14.4 Å². The van der Waals surface area contributed by atoms with Crippen LogP contribution in [0.15, 0.2) is 45.9 Å². The highest BCUT2D eigenvalue weighted by molar-refractivity contribution is 6.27. The Hall–Kier alpha value is -2.49. The molecule has 0 atom stereocenters. The monoisotopic (exact) mass is 254 g/mol. The van der Waals surface area contributed by atoms with Crippen LogP contribution in [-0.4, -0.2) is 17.3 Å². The van der Waals surface area contributed by atoms with Gasteiger partial charge in [0.05, 0.1) is 5.56 Å². The molecule has 0 saturated carbocycles. The van der Waals surface area contributed by atoms with Gasteiger partial charge in [0.2, 0.25) is 5.78 Å². The van der Waals surface area contributed by atoms with Crippen molar-refractivity contribution in [3.8, 4) is 0 Å². The number of hydrogen-bond acceptors (Lipinski definition) is 4. The molecule has 2 aliphatic rings. The second-order valence-electron chi connectivity index (χ2n) is 4.45. The third kappa shape index (κ3) is 1.64. The van der Waals surface area contributed by atoms with E-state index >= 15 is 0 Å². The van der Waals surface area contributed by atoms with Gasteiger partial charge in [0.15, 0.2) is 23.1 Å². The molecule has 1 aromatic rings. The van der Waals surface area contributed by atoms with Crippen LogP contribution < -0.4 is 0 Å². The van der Waals surface area contributed by atoms with Gasteiger partial charge >= 0.3 is 0 Å². The lowest BCUT2D eigenvalue weighted by molar-refractivity contribution is 0.0944. The summed E-state index contributed by atoms with van der Waals surface area (Å²) < 4.78 is 5.24. The summed E-state index contributed by atoms with van der Waals surface area (Å²) in [5, 5.41) is 0. The molecule has 19 heavy (non-hydrogen) atoms. The number of carbonyl (C=O) groups excluding carboxylic acids is 3. The second-order valence-corrected chi connectivity index (χ2v) is 4.45. The highest BCUT2D eigenvalue weighted by Gasteiger charge is 2.35.